The largest absolute Gasteiger partial charge is 0.393 e. The minimum absolute atomic E-state index is 0.0951. The Morgan fingerprint density at radius 2 is 1.86 bits per heavy atom. The Morgan fingerprint density at radius 3 is 2.63 bits per heavy atom. The number of piperazine rings is 1. The highest BCUT2D eigenvalue weighted by Gasteiger charge is 2.59. The van der Waals surface area contributed by atoms with Crippen molar-refractivity contribution < 1.29 is 5.11 Å². The van der Waals surface area contributed by atoms with E-state index in [-0.39, 0.29) is 6.10 Å². The van der Waals surface area contributed by atoms with Gasteiger partial charge in [-0.05, 0) is 104 Å². The van der Waals surface area contributed by atoms with Gasteiger partial charge in [0.2, 0.25) is 0 Å². The molecule has 2 heterocycles. The predicted octanol–water partition coefficient (Wildman–Crippen LogP) is 5.78. The first-order valence-electron chi connectivity index (χ1n) is 14.6. The monoisotopic (exact) mass is 477 g/mol. The van der Waals surface area contributed by atoms with E-state index in [9.17, 15) is 5.11 Å². The van der Waals surface area contributed by atoms with Crippen molar-refractivity contribution in [1.82, 2.24) is 9.88 Å². The van der Waals surface area contributed by atoms with E-state index < -0.39 is 0 Å². The van der Waals surface area contributed by atoms with Crippen LogP contribution in [-0.2, 0) is 0 Å². The van der Waals surface area contributed by atoms with Crippen LogP contribution in [0.3, 0.4) is 0 Å². The van der Waals surface area contributed by atoms with E-state index in [2.05, 4.69) is 53.8 Å². The van der Waals surface area contributed by atoms with E-state index in [4.69, 9.17) is 0 Å². The molecule has 0 amide bonds. The normalized spacial score (nSPS) is 42.6. The number of nitrogens with zero attached hydrogens (tertiary/aromatic N) is 3. The molecule has 4 nitrogen and oxygen atoms in total. The van der Waals surface area contributed by atoms with Crippen LogP contribution in [0.5, 0.6) is 0 Å². The van der Waals surface area contributed by atoms with Gasteiger partial charge >= 0.3 is 0 Å². The summed E-state index contributed by atoms with van der Waals surface area (Å²) in [6.45, 7) is 13.6. The number of hydrogen-bond acceptors (Lipinski definition) is 4. The van der Waals surface area contributed by atoms with E-state index in [1.54, 1.807) is 5.57 Å². The van der Waals surface area contributed by atoms with Crippen LogP contribution < -0.4 is 4.90 Å². The van der Waals surface area contributed by atoms with Crippen LogP contribution in [-0.4, -0.2) is 53.8 Å². The van der Waals surface area contributed by atoms with Gasteiger partial charge in [-0.2, -0.15) is 0 Å². The molecule has 35 heavy (non-hydrogen) atoms. The molecule has 8 atom stereocenters. The second-order valence-corrected chi connectivity index (χ2v) is 13.3. The molecule has 6 rings (SSSR count). The molecule has 0 spiro atoms. The van der Waals surface area contributed by atoms with Gasteiger partial charge in [0.1, 0.15) is 5.82 Å². The standard InChI is InChI=1S/C31H47N3O/c1-22(21-33-16-18-34(19-17-33)29-6-4-5-15-32-29)26-9-10-27-25-8-7-23-20-24(35)11-13-30(23,2)28(25)12-14-31(26,27)3/h4-7,15,22,24-28,35H,8-14,16-21H2,1-3H3/t22-,24?,25+,26-,27+,28+,30+,31-/m1/s1. The Hall–Kier alpha value is -1.39. The van der Waals surface area contributed by atoms with Gasteiger partial charge in [-0.3, -0.25) is 4.90 Å². The summed E-state index contributed by atoms with van der Waals surface area (Å²) in [6, 6.07) is 6.25. The quantitative estimate of drug-likeness (QED) is 0.558. The van der Waals surface area contributed by atoms with Crippen molar-refractivity contribution in [2.45, 2.75) is 78.2 Å². The second-order valence-electron chi connectivity index (χ2n) is 13.3. The number of allylic oxidation sites excluding steroid dienone is 1. The minimum atomic E-state index is -0.0951. The highest BCUT2D eigenvalue weighted by Crippen LogP contribution is 2.67. The molecule has 1 aliphatic heterocycles. The zero-order valence-corrected chi connectivity index (χ0v) is 22.3. The van der Waals surface area contributed by atoms with Crippen molar-refractivity contribution in [3.63, 3.8) is 0 Å². The summed E-state index contributed by atoms with van der Waals surface area (Å²) in [4.78, 5) is 9.75. The Morgan fingerprint density at radius 1 is 1.03 bits per heavy atom. The molecule has 5 aliphatic rings. The molecular formula is C31H47N3O. The smallest absolute Gasteiger partial charge is 0.128 e. The van der Waals surface area contributed by atoms with Gasteiger partial charge in [-0.1, -0.05) is 38.5 Å². The van der Waals surface area contributed by atoms with Crippen LogP contribution in [0.4, 0.5) is 5.82 Å². The molecule has 1 aromatic rings. The maximum atomic E-state index is 10.3. The van der Waals surface area contributed by atoms with Crippen molar-refractivity contribution in [2.75, 3.05) is 37.6 Å². The number of aromatic nitrogens is 1. The van der Waals surface area contributed by atoms with E-state index >= 15 is 0 Å². The van der Waals surface area contributed by atoms with Crippen molar-refractivity contribution in [3.05, 3.63) is 36.0 Å². The van der Waals surface area contributed by atoms with Gasteiger partial charge in [-0.15, -0.1) is 0 Å². The third-order valence-corrected chi connectivity index (χ3v) is 11.7. The van der Waals surface area contributed by atoms with E-state index in [0.717, 1.165) is 74.4 Å². The van der Waals surface area contributed by atoms with Gasteiger partial charge in [0.05, 0.1) is 6.10 Å². The molecule has 4 aliphatic carbocycles. The molecule has 1 saturated heterocycles. The van der Waals surface area contributed by atoms with Gasteiger partial charge in [-0.25, -0.2) is 4.98 Å². The highest BCUT2D eigenvalue weighted by atomic mass is 16.3. The van der Waals surface area contributed by atoms with Gasteiger partial charge in [0.15, 0.2) is 0 Å². The molecule has 0 radical (unpaired) electrons. The van der Waals surface area contributed by atoms with Crippen LogP contribution in [0, 0.1) is 40.4 Å². The van der Waals surface area contributed by atoms with Gasteiger partial charge < -0.3 is 10.0 Å². The van der Waals surface area contributed by atoms with Crippen LogP contribution in [0.2, 0.25) is 0 Å². The van der Waals surface area contributed by atoms with Crippen LogP contribution in [0.25, 0.3) is 0 Å². The average Bonchev–Trinajstić information content (AvgIpc) is 3.23. The summed E-state index contributed by atoms with van der Waals surface area (Å²) in [5.74, 6) is 5.40. The van der Waals surface area contributed by atoms with Gasteiger partial charge in [0.25, 0.3) is 0 Å². The fraction of sp³-hybridized carbons (Fsp3) is 0.774. The van der Waals surface area contributed by atoms with E-state index in [0.29, 0.717) is 10.8 Å². The Balaban J connectivity index is 1.10. The number of fused-ring (bicyclic) bond motifs is 5. The molecule has 0 aromatic carbocycles. The number of aliphatic hydroxyl groups excluding tert-OH is 1. The maximum absolute atomic E-state index is 10.3. The molecule has 4 heteroatoms. The van der Waals surface area contributed by atoms with Crippen molar-refractivity contribution in [1.29, 1.82) is 0 Å². The first-order valence-corrected chi connectivity index (χ1v) is 14.6. The summed E-state index contributed by atoms with van der Waals surface area (Å²) in [5.41, 5.74) is 2.49. The average molecular weight is 478 g/mol. The molecule has 1 unspecified atom stereocenters. The van der Waals surface area contributed by atoms with Gasteiger partial charge in [0, 0.05) is 38.9 Å². The zero-order valence-electron chi connectivity index (χ0n) is 22.3. The molecule has 1 N–H and O–H groups in total. The summed E-state index contributed by atoms with van der Waals surface area (Å²) < 4.78 is 0. The fourth-order valence-electron chi connectivity index (χ4n) is 9.85. The minimum Gasteiger partial charge on any atom is -0.393 e. The van der Waals surface area contributed by atoms with Crippen LogP contribution in [0.15, 0.2) is 36.0 Å². The summed E-state index contributed by atoms with van der Waals surface area (Å²) >= 11 is 0. The van der Waals surface area contributed by atoms with Crippen molar-refractivity contribution in [2.24, 2.45) is 40.4 Å². The summed E-state index contributed by atoms with van der Waals surface area (Å²) in [7, 11) is 0. The lowest BCUT2D eigenvalue weighted by atomic mass is 9.47. The number of anilines is 1. The Labute approximate surface area is 213 Å². The lowest BCUT2D eigenvalue weighted by Gasteiger charge is -2.58. The molecular weight excluding hydrogens is 430 g/mol. The third kappa shape index (κ3) is 4.07. The fourth-order valence-corrected chi connectivity index (χ4v) is 9.85. The molecule has 4 fully saturated rings. The first kappa shape index (κ1) is 24.0. The lowest BCUT2D eigenvalue weighted by Crippen LogP contribution is -2.52. The van der Waals surface area contributed by atoms with E-state index in [1.165, 1.54) is 45.1 Å². The predicted molar refractivity (Wildman–Crippen MR) is 143 cm³/mol. The second kappa shape index (κ2) is 9.17. The summed E-state index contributed by atoms with van der Waals surface area (Å²) in [5, 5.41) is 10.3. The van der Waals surface area contributed by atoms with E-state index in [1.807, 2.05) is 12.3 Å². The highest BCUT2D eigenvalue weighted by molar-refractivity contribution is 5.38. The number of aliphatic hydroxyl groups is 1. The van der Waals surface area contributed by atoms with Crippen molar-refractivity contribution >= 4 is 5.82 Å². The Bertz CT molecular complexity index is 924. The molecule has 192 valence electrons. The first-order chi connectivity index (χ1) is 16.9. The number of rotatable bonds is 4. The SMILES string of the molecule is C[C@H](CN1CCN(c2ccccn2)CC1)[C@H]1CC[C@H]2[C@@H]3CC=C4CC(O)CC[C@]4(C)[C@H]3CC[C@]12C. The molecule has 3 saturated carbocycles. The van der Waals surface area contributed by atoms with Crippen LogP contribution >= 0.6 is 0 Å². The third-order valence-electron chi connectivity index (χ3n) is 11.7. The number of pyridine rings is 1. The Kier molecular flexibility index (Phi) is 6.28. The summed E-state index contributed by atoms with van der Waals surface area (Å²) in [6.07, 6.45) is 14.6. The molecule has 0 bridgehead atoms. The van der Waals surface area contributed by atoms with Crippen LogP contribution in [0.1, 0.15) is 72.1 Å². The molecule has 1 aromatic heterocycles. The topological polar surface area (TPSA) is 39.6 Å². The maximum Gasteiger partial charge on any atom is 0.128 e. The lowest BCUT2D eigenvalue weighted by molar-refractivity contribution is -0.0585. The van der Waals surface area contributed by atoms with Crippen molar-refractivity contribution in [3.8, 4) is 0 Å². The zero-order chi connectivity index (χ0) is 24.2. The number of hydrogen-bond donors (Lipinski definition) is 1.